The molecule has 2 aromatic rings. The number of hydrogen-bond acceptors (Lipinski definition) is 3. The maximum Gasteiger partial charge on any atom is 0.147 e. The zero-order valence-electron chi connectivity index (χ0n) is 10.0. The van der Waals surface area contributed by atoms with E-state index in [0.29, 0.717) is 11.3 Å². The van der Waals surface area contributed by atoms with Crippen molar-refractivity contribution in [2.75, 3.05) is 0 Å². The Kier molecular flexibility index (Phi) is 3.22. The predicted octanol–water partition coefficient (Wildman–Crippen LogP) is 3.60. The lowest BCUT2D eigenvalue weighted by Crippen LogP contribution is -1.97. The first-order chi connectivity index (χ1) is 8.54. The average Bonchev–Trinajstić information content (AvgIpc) is 2.34. The molecule has 1 heterocycles. The number of halogens is 1. The molecule has 90 valence electrons. The van der Waals surface area contributed by atoms with Crippen molar-refractivity contribution in [2.45, 2.75) is 13.8 Å². The van der Waals surface area contributed by atoms with E-state index in [9.17, 15) is 5.11 Å². The summed E-state index contributed by atoms with van der Waals surface area (Å²) in [6, 6.07) is 8.85. The smallest absolute Gasteiger partial charge is 0.147 e. The second kappa shape index (κ2) is 4.67. The zero-order chi connectivity index (χ0) is 13.3. The van der Waals surface area contributed by atoms with Crippen LogP contribution in [-0.2, 0) is 0 Å². The summed E-state index contributed by atoms with van der Waals surface area (Å²) in [6.07, 6.45) is 0. The number of phenolic OH excluding ortho intramolecular Hbond substituents is 1. The van der Waals surface area contributed by atoms with E-state index in [0.717, 1.165) is 16.7 Å². The normalized spacial score (nSPS) is 10.1. The minimum Gasteiger partial charge on any atom is -0.508 e. The quantitative estimate of drug-likeness (QED) is 0.795. The van der Waals surface area contributed by atoms with Crippen molar-refractivity contribution in [3.63, 3.8) is 0 Å². The SMILES string of the molecule is Cc1c(-c2cccc(O)c2)nc(Cl)c(C#N)c1C. The summed E-state index contributed by atoms with van der Waals surface area (Å²) in [4.78, 5) is 4.25. The van der Waals surface area contributed by atoms with E-state index in [1.807, 2.05) is 19.9 Å². The van der Waals surface area contributed by atoms with Crippen LogP contribution in [0.1, 0.15) is 16.7 Å². The third-order valence-electron chi connectivity index (χ3n) is 2.94. The summed E-state index contributed by atoms with van der Waals surface area (Å²) >= 11 is 6.00. The topological polar surface area (TPSA) is 56.9 Å². The van der Waals surface area contributed by atoms with Crippen LogP contribution < -0.4 is 0 Å². The molecular weight excluding hydrogens is 248 g/mol. The van der Waals surface area contributed by atoms with Gasteiger partial charge in [-0.15, -0.1) is 0 Å². The maximum absolute atomic E-state index is 9.49. The summed E-state index contributed by atoms with van der Waals surface area (Å²) in [7, 11) is 0. The van der Waals surface area contributed by atoms with E-state index in [-0.39, 0.29) is 10.9 Å². The fourth-order valence-corrected chi connectivity index (χ4v) is 2.09. The monoisotopic (exact) mass is 258 g/mol. The number of hydrogen-bond donors (Lipinski definition) is 1. The first-order valence-corrected chi connectivity index (χ1v) is 5.78. The fourth-order valence-electron chi connectivity index (χ4n) is 1.82. The first-order valence-electron chi connectivity index (χ1n) is 5.40. The van der Waals surface area contributed by atoms with Crippen molar-refractivity contribution in [3.05, 3.63) is 46.1 Å². The van der Waals surface area contributed by atoms with E-state index >= 15 is 0 Å². The van der Waals surface area contributed by atoms with Crippen LogP contribution in [0.15, 0.2) is 24.3 Å². The van der Waals surface area contributed by atoms with Gasteiger partial charge in [0.05, 0.1) is 11.3 Å². The lowest BCUT2D eigenvalue weighted by molar-refractivity contribution is 0.475. The molecule has 0 saturated heterocycles. The maximum atomic E-state index is 9.49. The molecule has 0 spiro atoms. The molecule has 0 saturated carbocycles. The lowest BCUT2D eigenvalue weighted by Gasteiger charge is -2.11. The molecule has 18 heavy (non-hydrogen) atoms. The molecule has 0 amide bonds. The number of phenols is 1. The Labute approximate surface area is 110 Å². The molecule has 0 aliphatic carbocycles. The number of nitrogens with zero attached hydrogens (tertiary/aromatic N) is 2. The van der Waals surface area contributed by atoms with Crippen LogP contribution in [-0.4, -0.2) is 10.1 Å². The van der Waals surface area contributed by atoms with Gasteiger partial charge in [0.25, 0.3) is 0 Å². The van der Waals surface area contributed by atoms with Gasteiger partial charge in [-0.3, -0.25) is 0 Å². The number of benzene rings is 1. The Hall–Kier alpha value is -2.05. The van der Waals surface area contributed by atoms with Crippen molar-refractivity contribution in [1.82, 2.24) is 4.98 Å². The van der Waals surface area contributed by atoms with Crippen molar-refractivity contribution in [3.8, 4) is 23.1 Å². The number of pyridine rings is 1. The number of rotatable bonds is 1. The molecule has 1 aromatic heterocycles. The highest BCUT2D eigenvalue weighted by molar-refractivity contribution is 6.30. The average molecular weight is 259 g/mol. The van der Waals surface area contributed by atoms with Crippen LogP contribution in [0.2, 0.25) is 5.15 Å². The third kappa shape index (κ3) is 2.03. The second-order valence-electron chi connectivity index (χ2n) is 4.04. The minimum atomic E-state index is 0.173. The summed E-state index contributed by atoms with van der Waals surface area (Å²) in [5, 5.41) is 18.7. The second-order valence-corrected chi connectivity index (χ2v) is 4.40. The van der Waals surface area contributed by atoms with Crippen molar-refractivity contribution in [1.29, 1.82) is 5.26 Å². The van der Waals surface area contributed by atoms with Crippen molar-refractivity contribution < 1.29 is 5.11 Å². The summed E-state index contributed by atoms with van der Waals surface area (Å²) < 4.78 is 0. The summed E-state index contributed by atoms with van der Waals surface area (Å²) in [6.45, 7) is 3.73. The largest absolute Gasteiger partial charge is 0.508 e. The molecule has 2 rings (SSSR count). The van der Waals surface area contributed by atoms with Gasteiger partial charge < -0.3 is 5.11 Å². The summed E-state index contributed by atoms with van der Waals surface area (Å²) in [5.41, 5.74) is 3.57. The Morgan fingerprint density at radius 1 is 1.28 bits per heavy atom. The minimum absolute atomic E-state index is 0.173. The van der Waals surface area contributed by atoms with Crippen LogP contribution in [0.3, 0.4) is 0 Å². The Morgan fingerprint density at radius 2 is 2.00 bits per heavy atom. The van der Waals surface area contributed by atoms with Gasteiger partial charge in [0, 0.05) is 5.56 Å². The number of aromatic hydroxyl groups is 1. The molecule has 0 aliphatic rings. The molecule has 4 heteroatoms. The van der Waals surface area contributed by atoms with Gasteiger partial charge in [0.1, 0.15) is 17.0 Å². The van der Waals surface area contributed by atoms with Crippen molar-refractivity contribution in [2.24, 2.45) is 0 Å². The molecule has 0 unspecified atom stereocenters. The zero-order valence-corrected chi connectivity index (χ0v) is 10.8. The molecule has 3 nitrogen and oxygen atoms in total. The molecule has 0 atom stereocenters. The van der Waals surface area contributed by atoms with Crippen LogP contribution in [0.5, 0.6) is 5.75 Å². The Morgan fingerprint density at radius 3 is 2.61 bits per heavy atom. The number of nitriles is 1. The number of aromatic nitrogens is 1. The highest BCUT2D eigenvalue weighted by Crippen LogP contribution is 2.30. The highest BCUT2D eigenvalue weighted by Gasteiger charge is 2.14. The van der Waals surface area contributed by atoms with Crippen LogP contribution in [0, 0.1) is 25.2 Å². The van der Waals surface area contributed by atoms with E-state index < -0.39 is 0 Å². The molecule has 0 radical (unpaired) electrons. The summed E-state index contributed by atoms with van der Waals surface area (Å²) in [5.74, 6) is 0.173. The fraction of sp³-hybridized carbons (Fsp3) is 0.143. The molecule has 0 aliphatic heterocycles. The van der Waals surface area contributed by atoms with Gasteiger partial charge in [-0.25, -0.2) is 4.98 Å². The van der Waals surface area contributed by atoms with Crippen LogP contribution in [0.4, 0.5) is 0 Å². The van der Waals surface area contributed by atoms with E-state index in [4.69, 9.17) is 16.9 Å². The molecule has 0 fully saturated rings. The molecule has 1 aromatic carbocycles. The first kappa shape index (κ1) is 12.4. The Bertz CT molecular complexity index is 660. The highest BCUT2D eigenvalue weighted by atomic mass is 35.5. The predicted molar refractivity (Wildman–Crippen MR) is 70.5 cm³/mol. The van der Waals surface area contributed by atoms with Crippen molar-refractivity contribution >= 4 is 11.6 Å². The third-order valence-corrected chi connectivity index (χ3v) is 3.21. The lowest BCUT2D eigenvalue weighted by atomic mass is 10.00. The standard InChI is InChI=1S/C14H11ClN2O/c1-8-9(2)13(17-14(15)12(8)7-16)10-4-3-5-11(18)6-10/h3-6,18H,1-2H3. The molecular formula is C14H11ClN2O. The van der Waals surface area contributed by atoms with Gasteiger partial charge in [-0.05, 0) is 37.1 Å². The van der Waals surface area contributed by atoms with E-state index in [1.165, 1.54) is 0 Å². The van der Waals surface area contributed by atoms with Gasteiger partial charge in [0.15, 0.2) is 0 Å². The van der Waals surface area contributed by atoms with E-state index in [2.05, 4.69) is 11.1 Å². The molecule has 0 bridgehead atoms. The van der Waals surface area contributed by atoms with Gasteiger partial charge in [0.2, 0.25) is 0 Å². The Balaban J connectivity index is 2.71. The van der Waals surface area contributed by atoms with Crippen LogP contribution >= 0.6 is 11.6 Å². The van der Waals surface area contributed by atoms with E-state index in [1.54, 1.807) is 18.2 Å². The van der Waals surface area contributed by atoms with Crippen LogP contribution in [0.25, 0.3) is 11.3 Å². The molecule has 1 N–H and O–H groups in total. The van der Waals surface area contributed by atoms with Gasteiger partial charge in [-0.2, -0.15) is 5.26 Å². The van der Waals surface area contributed by atoms with Gasteiger partial charge in [-0.1, -0.05) is 23.7 Å². The van der Waals surface area contributed by atoms with Gasteiger partial charge >= 0.3 is 0 Å².